The molecule has 0 unspecified atom stereocenters. The van der Waals surface area contributed by atoms with Crippen LogP contribution in [0.1, 0.15) is 37.4 Å². The van der Waals surface area contributed by atoms with Crippen LogP contribution in [0.4, 0.5) is 0 Å². The zero-order valence-corrected chi connectivity index (χ0v) is 15.9. The minimum atomic E-state index is -0.792. The average Bonchev–Trinajstić information content (AvgIpc) is 3.20. The number of hydrogen-bond acceptors (Lipinski definition) is 2. The van der Waals surface area contributed by atoms with Gasteiger partial charge in [-0.15, -0.1) is 0 Å². The van der Waals surface area contributed by atoms with Crippen LogP contribution < -0.4 is 0 Å². The Bertz CT molecular complexity index is 1140. The fraction of sp³-hybridized carbons (Fsp3) is 0.238. The maximum atomic E-state index is 11.2. The Hall–Kier alpha value is -2.79. The van der Waals surface area contributed by atoms with E-state index in [1.165, 1.54) is 0 Å². The smallest absolute Gasteiger partial charge is 0.303 e. The largest absolute Gasteiger partial charge is 0.481 e. The van der Waals surface area contributed by atoms with Gasteiger partial charge >= 0.3 is 5.97 Å². The molecule has 2 aromatic carbocycles. The summed E-state index contributed by atoms with van der Waals surface area (Å²) in [4.78, 5) is 11.2. The number of carbonyl (C=O) groups is 1. The van der Waals surface area contributed by atoms with E-state index in [1.54, 1.807) is 6.20 Å². The molecule has 0 aliphatic carbocycles. The van der Waals surface area contributed by atoms with E-state index in [0.29, 0.717) is 11.4 Å². The van der Waals surface area contributed by atoms with Crippen molar-refractivity contribution in [2.75, 3.05) is 0 Å². The summed E-state index contributed by atoms with van der Waals surface area (Å²) >= 11 is 6.09. The van der Waals surface area contributed by atoms with Crippen LogP contribution in [0.3, 0.4) is 0 Å². The SMILES string of the molecule is CC(C)c1c(CCC(=O)O)c2cc3[nH]ncc3cc2n1-c1ccc(Cl)cc1. The Labute approximate surface area is 161 Å². The Morgan fingerprint density at radius 1 is 1.26 bits per heavy atom. The molecule has 138 valence electrons. The molecule has 0 aliphatic rings. The predicted octanol–water partition coefficient (Wildman–Crippen LogP) is 5.30. The number of carboxylic acid groups (broad SMARTS) is 1. The number of hydrogen-bond donors (Lipinski definition) is 2. The molecule has 0 saturated carbocycles. The van der Waals surface area contributed by atoms with Gasteiger partial charge in [-0.3, -0.25) is 9.89 Å². The van der Waals surface area contributed by atoms with E-state index in [0.717, 1.165) is 38.8 Å². The standard InChI is InChI=1S/C21H20ClN3O2/c1-12(2)21-16(7-8-20(26)27)17-10-18-13(11-23-24-18)9-19(17)25(21)15-5-3-14(22)4-6-15/h3-6,9-12H,7-8H2,1-2H3,(H,23,24)(H,26,27). The number of aromatic nitrogens is 3. The van der Waals surface area contributed by atoms with Gasteiger partial charge in [-0.05, 0) is 54.3 Å². The molecule has 6 heteroatoms. The first-order valence-electron chi connectivity index (χ1n) is 8.93. The Morgan fingerprint density at radius 2 is 2.00 bits per heavy atom. The number of halogens is 1. The highest BCUT2D eigenvalue weighted by molar-refractivity contribution is 6.30. The maximum absolute atomic E-state index is 11.2. The van der Waals surface area contributed by atoms with Crippen LogP contribution in [0.15, 0.2) is 42.6 Å². The number of aromatic amines is 1. The number of nitrogens with zero attached hydrogens (tertiary/aromatic N) is 2. The second kappa shape index (κ2) is 6.74. The van der Waals surface area contributed by atoms with Gasteiger partial charge in [0.2, 0.25) is 0 Å². The molecule has 0 saturated heterocycles. The maximum Gasteiger partial charge on any atom is 0.303 e. The summed E-state index contributed by atoms with van der Waals surface area (Å²) in [5.74, 6) is -0.562. The molecule has 0 aliphatic heterocycles. The number of benzene rings is 2. The lowest BCUT2D eigenvalue weighted by atomic mass is 9.99. The van der Waals surface area contributed by atoms with E-state index in [2.05, 4.69) is 40.7 Å². The van der Waals surface area contributed by atoms with Gasteiger partial charge in [0, 0.05) is 33.6 Å². The summed E-state index contributed by atoms with van der Waals surface area (Å²) in [5, 5.41) is 19.2. The molecule has 0 fully saturated rings. The number of aryl methyl sites for hydroxylation is 1. The lowest BCUT2D eigenvalue weighted by Crippen LogP contribution is -2.06. The molecule has 2 N–H and O–H groups in total. The highest BCUT2D eigenvalue weighted by atomic mass is 35.5. The predicted molar refractivity (Wildman–Crippen MR) is 108 cm³/mol. The van der Waals surface area contributed by atoms with Gasteiger partial charge in [0.15, 0.2) is 0 Å². The van der Waals surface area contributed by atoms with Gasteiger partial charge in [-0.25, -0.2) is 0 Å². The summed E-state index contributed by atoms with van der Waals surface area (Å²) < 4.78 is 2.22. The lowest BCUT2D eigenvalue weighted by Gasteiger charge is -2.15. The van der Waals surface area contributed by atoms with E-state index < -0.39 is 5.97 Å². The van der Waals surface area contributed by atoms with Crippen molar-refractivity contribution in [3.05, 3.63) is 58.9 Å². The second-order valence-electron chi connectivity index (χ2n) is 7.05. The Balaban J connectivity index is 2.07. The second-order valence-corrected chi connectivity index (χ2v) is 7.49. The van der Waals surface area contributed by atoms with Crippen molar-refractivity contribution in [1.82, 2.24) is 14.8 Å². The molecular weight excluding hydrogens is 362 g/mol. The van der Waals surface area contributed by atoms with E-state index in [9.17, 15) is 9.90 Å². The van der Waals surface area contributed by atoms with Crippen molar-refractivity contribution < 1.29 is 9.90 Å². The van der Waals surface area contributed by atoms with E-state index in [1.807, 2.05) is 24.3 Å². The fourth-order valence-corrected chi connectivity index (χ4v) is 3.90. The van der Waals surface area contributed by atoms with E-state index >= 15 is 0 Å². The van der Waals surface area contributed by atoms with Crippen molar-refractivity contribution >= 4 is 39.4 Å². The monoisotopic (exact) mass is 381 g/mol. The van der Waals surface area contributed by atoms with Crippen LogP contribution in [-0.4, -0.2) is 25.8 Å². The molecular formula is C21H20ClN3O2. The van der Waals surface area contributed by atoms with Crippen molar-refractivity contribution in [1.29, 1.82) is 0 Å². The molecule has 0 amide bonds. The van der Waals surface area contributed by atoms with Crippen LogP contribution in [-0.2, 0) is 11.2 Å². The number of rotatable bonds is 5. The number of nitrogens with one attached hydrogen (secondary N) is 1. The van der Waals surface area contributed by atoms with Crippen LogP contribution in [0.2, 0.25) is 5.02 Å². The summed E-state index contributed by atoms with van der Waals surface area (Å²) in [6.45, 7) is 4.27. The van der Waals surface area contributed by atoms with Gasteiger partial charge in [-0.2, -0.15) is 5.10 Å². The number of carboxylic acids is 1. The molecule has 0 spiro atoms. The third kappa shape index (κ3) is 3.08. The molecule has 4 aromatic rings. The molecule has 27 heavy (non-hydrogen) atoms. The van der Waals surface area contributed by atoms with Crippen LogP contribution >= 0.6 is 11.6 Å². The zero-order chi connectivity index (χ0) is 19.1. The van der Waals surface area contributed by atoms with Gasteiger partial charge in [0.1, 0.15) is 0 Å². The third-order valence-electron chi connectivity index (χ3n) is 4.89. The highest BCUT2D eigenvalue weighted by Gasteiger charge is 2.22. The molecule has 2 heterocycles. The minimum absolute atomic E-state index is 0.0977. The van der Waals surface area contributed by atoms with Crippen LogP contribution in [0.5, 0.6) is 0 Å². The topological polar surface area (TPSA) is 70.9 Å². The minimum Gasteiger partial charge on any atom is -0.481 e. The zero-order valence-electron chi connectivity index (χ0n) is 15.2. The van der Waals surface area contributed by atoms with Crippen molar-refractivity contribution in [2.45, 2.75) is 32.6 Å². The van der Waals surface area contributed by atoms with Gasteiger partial charge in [0.05, 0.1) is 17.2 Å². The summed E-state index contributed by atoms with van der Waals surface area (Å²) in [6.07, 6.45) is 2.39. The average molecular weight is 382 g/mol. The van der Waals surface area contributed by atoms with Crippen LogP contribution in [0, 0.1) is 0 Å². The van der Waals surface area contributed by atoms with E-state index in [-0.39, 0.29) is 12.3 Å². The summed E-state index contributed by atoms with van der Waals surface area (Å²) in [6, 6.07) is 11.9. The molecule has 0 radical (unpaired) electrons. The lowest BCUT2D eigenvalue weighted by molar-refractivity contribution is -0.136. The summed E-state index contributed by atoms with van der Waals surface area (Å²) in [7, 11) is 0. The number of H-pyrrole nitrogens is 1. The first-order chi connectivity index (χ1) is 13.0. The first-order valence-corrected chi connectivity index (χ1v) is 9.31. The molecule has 4 rings (SSSR count). The molecule has 0 bridgehead atoms. The van der Waals surface area contributed by atoms with E-state index in [4.69, 9.17) is 11.6 Å². The van der Waals surface area contributed by atoms with Crippen molar-refractivity contribution in [2.24, 2.45) is 0 Å². The Kier molecular flexibility index (Phi) is 4.40. The third-order valence-corrected chi connectivity index (χ3v) is 5.15. The molecule has 2 aromatic heterocycles. The van der Waals surface area contributed by atoms with Crippen LogP contribution in [0.25, 0.3) is 27.5 Å². The van der Waals surface area contributed by atoms with Gasteiger partial charge < -0.3 is 9.67 Å². The highest BCUT2D eigenvalue weighted by Crippen LogP contribution is 2.37. The van der Waals surface area contributed by atoms with Gasteiger partial charge in [-0.1, -0.05) is 25.4 Å². The first kappa shape index (κ1) is 17.6. The van der Waals surface area contributed by atoms with Gasteiger partial charge in [0.25, 0.3) is 0 Å². The molecule has 0 atom stereocenters. The van der Waals surface area contributed by atoms with Crippen molar-refractivity contribution in [3.8, 4) is 5.69 Å². The molecule has 5 nitrogen and oxygen atoms in total. The quantitative estimate of drug-likeness (QED) is 0.492. The Morgan fingerprint density at radius 3 is 2.67 bits per heavy atom. The fourth-order valence-electron chi connectivity index (χ4n) is 3.78. The number of aliphatic carboxylic acids is 1. The number of fused-ring (bicyclic) bond motifs is 2. The summed E-state index contributed by atoms with van der Waals surface area (Å²) in [5.41, 5.74) is 5.22. The normalized spacial score (nSPS) is 11.7. The van der Waals surface area contributed by atoms with Crippen molar-refractivity contribution in [3.63, 3.8) is 0 Å².